The SMILES string of the molecule is CC(NF)NF. The van der Waals surface area contributed by atoms with Crippen LogP contribution in [0.15, 0.2) is 0 Å². The first-order valence-corrected chi connectivity index (χ1v) is 1.53. The van der Waals surface area contributed by atoms with E-state index >= 15 is 0 Å². The van der Waals surface area contributed by atoms with Crippen LogP contribution in [0.25, 0.3) is 0 Å². The monoisotopic (exact) mass is 96.0 g/mol. The van der Waals surface area contributed by atoms with Gasteiger partial charge in [0.15, 0.2) is 0 Å². The molecule has 0 aliphatic carbocycles. The Morgan fingerprint density at radius 3 is 1.67 bits per heavy atom. The lowest BCUT2D eigenvalue weighted by molar-refractivity contribution is 0.170. The van der Waals surface area contributed by atoms with E-state index in [9.17, 15) is 8.96 Å². The van der Waals surface area contributed by atoms with Crippen LogP contribution in [0.4, 0.5) is 8.96 Å². The molecule has 0 aromatic rings. The number of rotatable bonds is 2. The van der Waals surface area contributed by atoms with Gasteiger partial charge in [0.1, 0.15) is 6.17 Å². The van der Waals surface area contributed by atoms with E-state index in [2.05, 4.69) is 0 Å². The molecule has 2 nitrogen and oxygen atoms in total. The van der Waals surface area contributed by atoms with Gasteiger partial charge in [0.25, 0.3) is 0 Å². The maximum absolute atomic E-state index is 10.8. The van der Waals surface area contributed by atoms with Gasteiger partial charge in [-0.3, -0.25) is 0 Å². The highest BCUT2D eigenvalue weighted by Gasteiger charge is 1.91. The minimum absolute atomic E-state index is 0.898. The third-order valence-corrected chi connectivity index (χ3v) is 0.327. The molecule has 38 valence electrons. The van der Waals surface area contributed by atoms with E-state index in [4.69, 9.17) is 0 Å². The quantitative estimate of drug-likeness (QED) is 0.381. The molecule has 4 heteroatoms. The molecule has 0 amide bonds. The second kappa shape index (κ2) is 2.99. The van der Waals surface area contributed by atoms with E-state index in [-0.39, 0.29) is 0 Å². The zero-order valence-electron chi connectivity index (χ0n) is 3.33. The Morgan fingerprint density at radius 1 is 1.33 bits per heavy atom. The fraction of sp³-hybridized carbons (Fsp3) is 1.00. The summed E-state index contributed by atoms with van der Waals surface area (Å²) < 4.78 is 21.7. The largest absolute Gasteiger partial charge is 0.140 e. The molecule has 2 N–H and O–H groups in total. The molecule has 0 heterocycles. The first-order valence-electron chi connectivity index (χ1n) is 1.53. The van der Waals surface area contributed by atoms with Gasteiger partial charge in [0.05, 0.1) is 0 Å². The van der Waals surface area contributed by atoms with Crippen molar-refractivity contribution in [2.45, 2.75) is 13.1 Å². The average Bonchev–Trinajstić information content (AvgIpc) is 1.65. The van der Waals surface area contributed by atoms with Gasteiger partial charge in [-0.2, -0.15) is 0 Å². The van der Waals surface area contributed by atoms with Crippen LogP contribution in [0.1, 0.15) is 6.92 Å². The topological polar surface area (TPSA) is 24.1 Å². The van der Waals surface area contributed by atoms with E-state index in [0.717, 1.165) is 11.1 Å². The van der Waals surface area contributed by atoms with E-state index in [1.54, 1.807) is 0 Å². The Labute approximate surface area is 34.4 Å². The van der Waals surface area contributed by atoms with Crippen LogP contribution >= 0.6 is 0 Å². The lowest BCUT2D eigenvalue weighted by Gasteiger charge is -1.97. The lowest BCUT2D eigenvalue weighted by Crippen LogP contribution is -2.28. The summed E-state index contributed by atoms with van der Waals surface area (Å²) in [4.78, 5) is 0. The highest BCUT2D eigenvalue weighted by Crippen LogP contribution is 1.69. The Balaban J connectivity index is 2.75. The van der Waals surface area contributed by atoms with Crippen LogP contribution in [0.3, 0.4) is 0 Å². The second-order valence-corrected chi connectivity index (χ2v) is 0.940. The summed E-state index contributed by atoms with van der Waals surface area (Å²) in [6.07, 6.45) is -0.898. The Hall–Kier alpha value is -0.220. The van der Waals surface area contributed by atoms with Gasteiger partial charge in [-0.25, -0.2) is 0 Å². The summed E-state index contributed by atoms with van der Waals surface area (Å²) in [7, 11) is 0. The average molecular weight is 96.1 g/mol. The summed E-state index contributed by atoms with van der Waals surface area (Å²) in [5, 5.41) is 0. The second-order valence-electron chi connectivity index (χ2n) is 0.940. The summed E-state index contributed by atoms with van der Waals surface area (Å²) in [5.74, 6) is 0. The van der Waals surface area contributed by atoms with Crippen LogP contribution in [-0.2, 0) is 0 Å². The standard InChI is InChI=1S/C2H6F2N2/c1-2(5-3)6-4/h2,5-6H,1H3. The van der Waals surface area contributed by atoms with Gasteiger partial charge in [-0.1, -0.05) is 0 Å². The van der Waals surface area contributed by atoms with E-state index < -0.39 is 6.17 Å². The van der Waals surface area contributed by atoms with E-state index in [1.165, 1.54) is 6.92 Å². The fourth-order valence-corrected chi connectivity index (χ4v) is 0.0206. The number of nitrogens with one attached hydrogen (secondary N) is 2. The Morgan fingerprint density at radius 2 is 1.67 bits per heavy atom. The van der Waals surface area contributed by atoms with Crippen molar-refractivity contribution in [1.82, 2.24) is 11.1 Å². The van der Waals surface area contributed by atoms with Crippen molar-refractivity contribution < 1.29 is 8.96 Å². The van der Waals surface area contributed by atoms with Crippen LogP contribution < -0.4 is 11.1 Å². The van der Waals surface area contributed by atoms with Crippen LogP contribution in [0.2, 0.25) is 0 Å². The lowest BCUT2D eigenvalue weighted by atomic mass is 10.7. The molecule has 6 heavy (non-hydrogen) atoms. The molecule has 0 atom stereocenters. The van der Waals surface area contributed by atoms with Gasteiger partial charge in [0.2, 0.25) is 0 Å². The molecule has 0 spiro atoms. The molecule has 0 saturated carbocycles. The van der Waals surface area contributed by atoms with Crippen molar-refractivity contribution in [2.24, 2.45) is 0 Å². The maximum Gasteiger partial charge on any atom is 0.112 e. The smallest absolute Gasteiger partial charge is 0.112 e. The number of hydrogen-bond acceptors (Lipinski definition) is 2. The summed E-state index contributed by atoms with van der Waals surface area (Å²) in [5.41, 5.74) is 2.26. The molecule has 0 aliphatic rings. The molecule has 0 radical (unpaired) electrons. The number of halogens is 2. The van der Waals surface area contributed by atoms with Crippen LogP contribution in [-0.4, -0.2) is 6.17 Å². The highest BCUT2D eigenvalue weighted by molar-refractivity contribution is 4.35. The molecule has 0 aromatic heterocycles. The van der Waals surface area contributed by atoms with Gasteiger partial charge in [-0.05, 0) is 6.92 Å². The summed E-state index contributed by atoms with van der Waals surface area (Å²) in [6.45, 7) is 1.31. The summed E-state index contributed by atoms with van der Waals surface area (Å²) >= 11 is 0. The fourth-order valence-electron chi connectivity index (χ4n) is 0.0206. The van der Waals surface area contributed by atoms with Gasteiger partial charge in [0, 0.05) is 0 Å². The predicted octanol–water partition coefficient (Wildman–Crippen LogP) is 0.281. The molecule has 0 bridgehead atoms. The Kier molecular flexibility index (Phi) is 2.88. The van der Waals surface area contributed by atoms with E-state index in [0.29, 0.717) is 0 Å². The molecule has 0 aliphatic heterocycles. The third-order valence-electron chi connectivity index (χ3n) is 0.327. The first kappa shape index (κ1) is 5.78. The van der Waals surface area contributed by atoms with Crippen molar-refractivity contribution in [3.63, 3.8) is 0 Å². The molecule has 0 fully saturated rings. The van der Waals surface area contributed by atoms with Crippen molar-refractivity contribution in [3.8, 4) is 0 Å². The van der Waals surface area contributed by atoms with Crippen molar-refractivity contribution in [1.29, 1.82) is 0 Å². The summed E-state index contributed by atoms with van der Waals surface area (Å²) in [6, 6.07) is 0. The molecular formula is C2H6F2N2. The van der Waals surface area contributed by atoms with E-state index in [1.807, 2.05) is 0 Å². The molecule has 0 saturated heterocycles. The molecule has 0 rings (SSSR count). The zero-order chi connectivity index (χ0) is 4.99. The predicted molar refractivity (Wildman–Crippen MR) is 17.9 cm³/mol. The van der Waals surface area contributed by atoms with Crippen LogP contribution in [0.5, 0.6) is 0 Å². The highest BCUT2D eigenvalue weighted by atomic mass is 19.2. The molecule has 0 unspecified atom stereocenters. The minimum atomic E-state index is -0.898. The zero-order valence-corrected chi connectivity index (χ0v) is 3.33. The van der Waals surface area contributed by atoms with Gasteiger partial charge >= 0.3 is 0 Å². The normalized spacial score (nSPS) is 10.0. The number of hydrogen-bond donors (Lipinski definition) is 2. The maximum atomic E-state index is 10.8. The van der Waals surface area contributed by atoms with Crippen molar-refractivity contribution in [3.05, 3.63) is 0 Å². The molecular weight excluding hydrogens is 90.0 g/mol. The van der Waals surface area contributed by atoms with Crippen molar-refractivity contribution >= 4 is 0 Å². The molecule has 0 aromatic carbocycles. The van der Waals surface area contributed by atoms with Crippen LogP contribution in [0, 0.1) is 0 Å². The minimum Gasteiger partial charge on any atom is -0.140 e. The van der Waals surface area contributed by atoms with Gasteiger partial charge < -0.3 is 0 Å². The van der Waals surface area contributed by atoms with Crippen molar-refractivity contribution in [2.75, 3.05) is 0 Å². The van der Waals surface area contributed by atoms with Gasteiger partial charge in [-0.15, -0.1) is 20.0 Å². The Bertz CT molecular complexity index is 28.7. The third kappa shape index (κ3) is 2.04. The first-order chi connectivity index (χ1) is 2.81.